The summed E-state index contributed by atoms with van der Waals surface area (Å²) in [6.45, 7) is 2.94. The Bertz CT molecular complexity index is 1260. The molecule has 2 aromatic heterocycles. The minimum atomic E-state index is 0.00239. The monoisotopic (exact) mass is 448 g/mol. The van der Waals surface area contributed by atoms with Crippen LogP contribution in [0.15, 0.2) is 53.4 Å². The molecule has 4 aromatic rings. The fraction of sp³-hybridized carbons (Fsp3) is 0.261. The second-order valence-corrected chi connectivity index (χ2v) is 9.73. The van der Waals surface area contributed by atoms with Crippen molar-refractivity contribution < 1.29 is 9.53 Å². The third kappa shape index (κ3) is 3.35. The number of benzene rings is 2. The molecule has 0 aliphatic carbocycles. The summed E-state index contributed by atoms with van der Waals surface area (Å²) >= 11 is 3.45. The van der Waals surface area contributed by atoms with Crippen LogP contribution in [0, 0.1) is 0 Å². The van der Waals surface area contributed by atoms with Gasteiger partial charge in [-0.15, -0.1) is 23.1 Å². The molecular weight excluding hydrogens is 428 g/mol. The molecule has 0 unspecified atom stereocenters. The van der Waals surface area contributed by atoms with E-state index in [1.54, 1.807) is 23.1 Å². The van der Waals surface area contributed by atoms with Crippen LogP contribution in [0.4, 0.5) is 0 Å². The molecule has 0 saturated carbocycles. The summed E-state index contributed by atoms with van der Waals surface area (Å²) < 4.78 is 8.58. The summed E-state index contributed by atoms with van der Waals surface area (Å²) in [4.78, 5) is 21.2. The normalized spacial score (nSPS) is 15.7. The second-order valence-electron chi connectivity index (χ2n) is 7.60. The molecule has 6 rings (SSSR count). The van der Waals surface area contributed by atoms with E-state index in [1.165, 1.54) is 9.60 Å². The predicted molar refractivity (Wildman–Crippen MR) is 123 cm³/mol. The maximum absolute atomic E-state index is 13.4. The molecule has 8 heteroatoms. The van der Waals surface area contributed by atoms with E-state index in [4.69, 9.17) is 14.8 Å². The molecule has 4 heterocycles. The zero-order chi connectivity index (χ0) is 20.8. The van der Waals surface area contributed by atoms with Crippen LogP contribution in [0.5, 0.6) is 0 Å². The number of thiazole rings is 1. The molecule has 0 radical (unpaired) electrons. The molecule has 2 aliphatic heterocycles. The van der Waals surface area contributed by atoms with Crippen molar-refractivity contribution in [2.75, 3.05) is 26.3 Å². The summed E-state index contributed by atoms with van der Waals surface area (Å²) in [5.74, 6) is 0.750. The van der Waals surface area contributed by atoms with Gasteiger partial charge in [0.05, 0.1) is 35.7 Å². The van der Waals surface area contributed by atoms with Crippen LogP contribution in [0.1, 0.15) is 21.1 Å². The molecule has 31 heavy (non-hydrogen) atoms. The van der Waals surface area contributed by atoms with Crippen molar-refractivity contribution in [3.05, 3.63) is 64.8 Å². The van der Waals surface area contributed by atoms with Crippen LogP contribution in [-0.4, -0.2) is 51.9 Å². The molecule has 0 atom stereocenters. The number of hydrogen-bond donors (Lipinski definition) is 0. The van der Waals surface area contributed by atoms with Gasteiger partial charge in [0.15, 0.2) is 5.69 Å². The van der Waals surface area contributed by atoms with Crippen molar-refractivity contribution in [1.82, 2.24) is 19.7 Å². The van der Waals surface area contributed by atoms with Crippen molar-refractivity contribution >= 4 is 39.2 Å². The molecule has 1 amide bonds. The Labute approximate surface area is 187 Å². The van der Waals surface area contributed by atoms with Crippen LogP contribution in [0.2, 0.25) is 0 Å². The highest BCUT2D eigenvalue weighted by molar-refractivity contribution is 7.98. The first-order chi connectivity index (χ1) is 15.3. The van der Waals surface area contributed by atoms with E-state index in [0.717, 1.165) is 33.1 Å². The topological polar surface area (TPSA) is 60.2 Å². The third-order valence-electron chi connectivity index (χ3n) is 5.69. The molecule has 1 fully saturated rings. The zero-order valence-electron chi connectivity index (χ0n) is 16.8. The number of aromatic nitrogens is 3. The number of morpholine rings is 1. The van der Waals surface area contributed by atoms with Gasteiger partial charge >= 0.3 is 0 Å². The van der Waals surface area contributed by atoms with Crippen molar-refractivity contribution in [2.24, 2.45) is 0 Å². The zero-order valence-corrected chi connectivity index (χ0v) is 18.4. The molecule has 156 valence electrons. The van der Waals surface area contributed by atoms with E-state index < -0.39 is 0 Å². The first kappa shape index (κ1) is 19.0. The first-order valence-electron chi connectivity index (χ1n) is 10.3. The third-order valence-corrected chi connectivity index (χ3v) is 7.81. The lowest BCUT2D eigenvalue weighted by atomic mass is 10.1. The van der Waals surface area contributed by atoms with Crippen LogP contribution in [-0.2, 0) is 17.0 Å². The van der Waals surface area contributed by atoms with E-state index >= 15 is 0 Å². The van der Waals surface area contributed by atoms with E-state index in [-0.39, 0.29) is 5.91 Å². The van der Waals surface area contributed by atoms with Crippen LogP contribution in [0.3, 0.4) is 0 Å². The fourth-order valence-electron chi connectivity index (χ4n) is 4.19. The van der Waals surface area contributed by atoms with E-state index in [1.807, 2.05) is 33.8 Å². The van der Waals surface area contributed by atoms with Crippen LogP contribution >= 0.6 is 23.1 Å². The van der Waals surface area contributed by atoms with Gasteiger partial charge < -0.3 is 9.64 Å². The summed E-state index contributed by atoms with van der Waals surface area (Å²) in [5.41, 5.74) is 4.79. The van der Waals surface area contributed by atoms with E-state index in [0.29, 0.717) is 38.5 Å². The lowest BCUT2D eigenvalue weighted by Crippen LogP contribution is -2.41. The molecule has 1 saturated heterocycles. The highest BCUT2D eigenvalue weighted by Gasteiger charge is 2.31. The molecule has 0 N–H and O–H groups in total. The van der Waals surface area contributed by atoms with Gasteiger partial charge in [0, 0.05) is 34.9 Å². The number of carbonyl (C=O) groups is 1. The quantitative estimate of drug-likeness (QED) is 0.468. The number of hydrogen-bond acceptors (Lipinski definition) is 6. The molecule has 0 bridgehead atoms. The number of amides is 1. The summed E-state index contributed by atoms with van der Waals surface area (Å²) in [6, 6.07) is 16.5. The van der Waals surface area contributed by atoms with Gasteiger partial charge in [0.2, 0.25) is 0 Å². The Morgan fingerprint density at radius 1 is 1.06 bits per heavy atom. The molecule has 6 nitrogen and oxygen atoms in total. The van der Waals surface area contributed by atoms with Gasteiger partial charge in [0.1, 0.15) is 5.01 Å². The minimum Gasteiger partial charge on any atom is -0.378 e. The highest BCUT2D eigenvalue weighted by Crippen LogP contribution is 2.43. The maximum atomic E-state index is 13.4. The fourth-order valence-corrected chi connectivity index (χ4v) is 6.21. The van der Waals surface area contributed by atoms with Crippen molar-refractivity contribution in [2.45, 2.75) is 17.2 Å². The number of carbonyl (C=O) groups excluding carboxylic acids is 1. The maximum Gasteiger partial charge on any atom is 0.274 e. The van der Waals surface area contributed by atoms with Crippen molar-refractivity contribution in [1.29, 1.82) is 0 Å². The minimum absolute atomic E-state index is 0.00239. The number of nitrogens with zero attached hydrogens (tertiary/aromatic N) is 4. The van der Waals surface area contributed by atoms with Gasteiger partial charge in [0.25, 0.3) is 5.91 Å². The Kier molecular flexibility index (Phi) is 4.78. The largest absolute Gasteiger partial charge is 0.378 e. The average Bonchev–Trinajstić information content (AvgIpc) is 3.40. The van der Waals surface area contributed by atoms with E-state index in [9.17, 15) is 4.79 Å². The summed E-state index contributed by atoms with van der Waals surface area (Å²) in [6.07, 6.45) is 0. The Balaban J connectivity index is 1.46. The molecule has 2 aliphatic rings. The number of fused-ring (bicyclic) bond motifs is 4. The van der Waals surface area contributed by atoms with Gasteiger partial charge in [-0.05, 0) is 18.2 Å². The average molecular weight is 449 g/mol. The molecule has 2 aromatic carbocycles. The van der Waals surface area contributed by atoms with Gasteiger partial charge in [-0.25, -0.2) is 4.98 Å². The smallest absolute Gasteiger partial charge is 0.274 e. The van der Waals surface area contributed by atoms with E-state index in [2.05, 4.69) is 24.3 Å². The number of para-hydroxylation sites is 1. The highest BCUT2D eigenvalue weighted by atomic mass is 32.2. The summed E-state index contributed by atoms with van der Waals surface area (Å²) in [5, 5.41) is 5.86. The molecule has 0 spiro atoms. The standard InChI is InChI=1S/C23H20N4O2S2/c28-23(26-9-11-29-12-10-26)21-16-14-30-18-7-3-1-5-15(18)22(16)27(25-21)13-20-24-17-6-2-4-8-19(17)31-20/h1-8H,9-14H2. The van der Waals surface area contributed by atoms with Crippen molar-refractivity contribution in [3.63, 3.8) is 0 Å². The first-order valence-corrected chi connectivity index (χ1v) is 12.1. The van der Waals surface area contributed by atoms with Gasteiger partial charge in [-0.2, -0.15) is 5.10 Å². The van der Waals surface area contributed by atoms with Crippen LogP contribution in [0.25, 0.3) is 21.5 Å². The Hall–Kier alpha value is -2.68. The van der Waals surface area contributed by atoms with Gasteiger partial charge in [-0.3, -0.25) is 9.48 Å². The summed E-state index contributed by atoms with van der Waals surface area (Å²) in [7, 11) is 0. The number of ether oxygens (including phenoxy) is 1. The lowest BCUT2D eigenvalue weighted by molar-refractivity contribution is 0.0298. The van der Waals surface area contributed by atoms with Crippen molar-refractivity contribution in [3.8, 4) is 11.3 Å². The second kappa shape index (κ2) is 7.78. The number of rotatable bonds is 3. The SMILES string of the molecule is O=C(c1nn(Cc2nc3ccccc3s2)c2c1CSc1ccccc1-2)N1CCOCC1. The Morgan fingerprint density at radius 3 is 2.74 bits per heavy atom. The lowest BCUT2D eigenvalue weighted by Gasteiger charge is -2.26. The Morgan fingerprint density at radius 2 is 1.87 bits per heavy atom. The predicted octanol–water partition coefficient (Wildman–Crippen LogP) is 4.29. The van der Waals surface area contributed by atoms with Gasteiger partial charge in [-0.1, -0.05) is 30.3 Å². The number of thioether (sulfide) groups is 1. The molecular formula is C23H20N4O2S2. The van der Waals surface area contributed by atoms with Crippen LogP contribution < -0.4 is 0 Å².